The molecule has 2 bridgehead atoms. The number of carbonyl (C=O) groups excluding carboxylic acids is 4. The van der Waals surface area contributed by atoms with Crippen LogP contribution in [0, 0.1) is 0 Å². The van der Waals surface area contributed by atoms with Gasteiger partial charge in [-0.15, -0.1) is 0 Å². The van der Waals surface area contributed by atoms with E-state index in [-0.39, 0.29) is 0 Å². The highest BCUT2D eigenvalue weighted by Crippen LogP contribution is 2.32. The maximum atomic E-state index is 11.8. The molecule has 0 saturated carbocycles. The number of esters is 4. The summed E-state index contributed by atoms with van der Waals surface area (Å²) < 4.78 is 17.6. The SMILES string of the molecule is O=C1OC2(CO)OC(=O)C(CO)(OC(=O)C(O)C1O)OC2=O. The number of hydrogen-bond acceptors (Lipinski definition) is 12. The summed E-state index contributed by atoms with van der Waals surface area (Å²) >= 11 is 0. The highest BCUT2D eigenvalue weighted by molar-refractivity contribution is 5.96. The molecule has 4 N–H and O–H groups in total. The van der Waals surface area contributed by atoms with Crippen LogP contribution in [0.15, 0.2) is 0 Å². The Bertz CT molecular complexity index is 486. The van der Waals surface area contributed by atoms with Gasteiger partial charge >= 0.3 is 35.5 Å². The van der Waals surface area contributed by atoms with Crippen molar-refractivity contribution in [1.29, 1.82) is 0 Å². The van der Waals surface area contributed by atoms with E-state index in [9.17, 15) is 29.4 Å². The van der Waals surface area contributed by atoms with Crippen molar-refractivity contribution >= 4 is 23.9 Å². The number of hydrogen-bond donors (Lipinski definition) is 4. The van der Waals surface area contributed by atoms with Crippen LogP contribution in [0.3, 0.4) is 0 Å². The first-order valence-corrected chi connectivity index (χ1v) is 5.72. The van der Waals surface area contributed by atoms with Gasteiger partial charge in [0.1, 0.15) is 13.2 Å². The molecule has 3 saturated heterocycles. The van der Waals surface area contributed by atoms with Crippen LogP contribution in [-0.4, -0.2) is 81.3 Å². The summed E-state index contributed by atoms with van der Waals surface area (Å²) in [5.74, 6) is -12.8. The zero-order chi connectivity index (χ0) is 16.7. The summed E-state index contributed by atoms with van der Waals surface area (Å²) in [5.41, 5.74) is 0. The fourth-order valence-corrected chi connectivity index (χ4v) is 1.63. The zero-order valence-electron chi connectivity index (χ0n) is 10.6. The zero-order valence-corrected chi connectivity index (χ0v) is 10.6. The molecule has 3 aliphatic rings. The molecule has 0 amide bonds. The van der Waals surface area contributed by atoms with E-state index in [0.29, 0.717) is 0 Å². The molecule has 0 aromatic rings. The van der Waals surface area contributed by atoms with Crippen molar-refractivity contribution in [3.8, 4) is 0 Å². The van der Waals surface area contributed by atoms with E-state index in [1.807, 2.05) is 0 Å². The van der Waals surface area contributed by atoms with Crippen LogP contribution in [0.4, 0.5) is 0 Å². The number of fused-ring (bicyclic) bond motifs is 7. The number of carbonyl (C=O) groups is 4. The molecule has 122 valence electrons. The van der Waals surface area contributed by atoms with Crippen LogP contribution in [0.2, 0.25) is 0 Å². The highest BCUT2D eigenvalue weighted by atomic mass is 16.8. The van der Waals surface area contributed by atoms with Crippen molar-refractivity contribution in [3.63, 3.8) is 0 Å². The average molecular weight is 322 g/mol. The van der Waals surface area contributed by atoms with E-state index in [1.54, 1.807) is 0 Å². The van der Waals surface area contributed by atoms with Gasteiger partial charge in [-0.25, -0.2) is 19.2 Å². The van der Waals surface area contributed by atoms with Crippen molar-refractivity contribution < 1.29 is 58.6 Å². The summed E-state index contributed by atoms with van der Waals surface area (Å²) in [4.78, 5) is 46.7. The molecule has 3 aliphatic heterocycles. The van der Waals surface area contributed by atoms with E-state index < -0.39 is 60.9 Å². The van der Waals surface area contributed by atoms with Crippen LogP contribution in [0.5, 0.6) is 0 Å². The molecule has 3 fully saturated rings. The lowest BCUT2D eigenvalue weighted by atomic mass is 10.1. The number of aliphatic hydroxyl groups excluding tert-OH is 4. The summed E-state index contributed by atoms with van der Waals surface area (Å²) in [6.45, 7) is -2.77. The van der Waals surface area contributed by atoms with Gasteiger partial charge in [-0.05, 0) is 0 Å². The molecule has 4 atom stereocenters. The van der Waals surface area contributed by atoms with Crippen molar-refractivity contribution in [2.75, 3.05) is 13.2 Å². The Morgan fingerprint density at radius 2 is 1.05 bits per heavy atom. The van der Waals surface area contributed by atoms with E-state index in [0.717, 1.165) is 0 Å². The Labute approximate surface area is 120 Å². The Balaban J connectivity index is 2.53. The molecule has 12 nitrogen and oxygen atoms in total. The van der Waals surface area contributed by atoms with Gasteiger partial charge in [0.25, 0.3) is 0 Å². The fourth-order valence-electron chi connectivity index (χ4n) is 1.63. The smallest absolute Gasteiger partial charge is 0.399 e. The van der Waals surface area contributed by atoms with Crippen LogP contribution >= 0.6 is 0 Å². The lowest BCUT2D eigenvalue weighted by Gasteiger charge is -2.41. The van der Waals surface area contributed by atoms with E-state index >= 15 is 0 Å². The minimum absolute atomic E-state index is 1.39. The van der Waals surface area contributed by atoms with Crippen molar-refractivity contribution in [2.24, 2.45) is 0 Å². The van der Waals surface area contributed by atoms with Crippen LogP contribution < -0.4 is 0 Å². The molecule has 0 aromatic heterocycles. The molecule has 22 heavy (non-hydrogen) atoms. The molecule has 0 aliphatic carbocycles. The second kappa shape index (κ2) is 5.17. The number of aliphatic hydroxyl groups is 4. The van der Waals surface area contributed by atoms with Crippen molar-refractivity contribution in [1.82, 2.24) is 0 Å². The third kappa shape index (κ3) is 2.18. The molecule has 3 rings (SSSR count). The maximum absolute atomic E-state index is 11.8. The maximum Gasteiger partial charge on any atom is 0.399 e. The van der Waals surface area contributed by atoms with Gasteiger partial charge in [0.05, 0.1) is 0 Å². The van der Waals surface area contributed by atoms with Gasteiger partial charge in [0.2, 0.25) is 0 Å². The lowest BCUT2D eigenvalue weighted by molar-refractivity contribution is -0.322. The number of ether oxygens (including phenoxy) is 4. The van der Waals surface area contributed by atoms with Crippen LogP contribution in [0.25, 0.3) is 0 Å². The molecule has 3 heterocycles. The number of rotatable bonds is 2. The third-order valence-electron chi connectivity index (χ3n) is 2.87. The third-order valence-corrected chi connectivity index (χ3v) is 2.87. The van der Waals surface area contributed by atoms with Gasteiger partial charge in [0.15, 0.2) is 12.2 Å². The van der Waals surface area contributed by atoms with E-state index in [1.165, 1.54) is 0 Å². The van der Waals surface area contributed by atoms with Gasteiger partial charge in [-0.3, -0.25) is 0 Å². The first kappa shape index (κ1) is 16.1. The second-order valence-electron chi connectivity index (χ2n) is 4.33. The van der Waals surface area contributed by atoms with Gasteiger partial charge < -0.3 is 39.4 Å². The molecule has 4 unspecified atom stereocenters. The predicted molar refractivity (Wildman–Crippen MR) is 56.0 cm³/mol. The first-order chi connectivity index (χ1) is 10.2. The molecule has 0 radical (unpaired) electrons. The summed E-state index contributed by atoms with van der Waals surface area (Å²) in [6, 6.07) is 0. The van der Waals surface area contributed by atoms with E-state index in [4.69, 9.17) is 10.2 Å². The predicted octanol–water partition coefficient (Wildman–Crippen LogP) is -4.71. The standard InChI is InChI=1S/C10H10O12/c11-1-9-7(17)22-10(2-12,8(18)21-9)20-6(16)4(14)3(13)5(15)19-9/h3-4,11-14H,1-2H2. The first-order valence-electron chi connectivity index (χ1n) is 5.72. The Hall–Kier alpha value is -2.28. The van der Waals surface area contributed by atoms with Crippen LogP contribution in [0.1, 0.15) is 0 Å². The monoisotopic (exact) mass is 322 g/mol. The normalized spacial score (nSPS) is 38.7. The van der Waals surface area contributed by atoms with Gasteiger partial charge in [-0.2, -0.15) is 0 Å². The molecule has 0 aromatic carbocycles. The van der Waals surface area contributed by atoms with E-state index in [2.05, 4.69) is 18.9 Å². The van der Waals surface area contributed by atoms with Crippen LogP contribution in [-0.2, 0) is 38.1 Å². The van der Waals surface area contributed by atoms with Crippen molar-refractivity contribution in [2.45, 2.75) is 23.8 Å². The molecular formula is C10H10O12. The molecular weight excluding hydrogens is 312 g/mol. The Kier molecular flexibility index (Phi) is 3.78. The van der Waals surface area contributed by atoms with Gasteiger partial charge in [-0.1, -0.05) is 0 Å². The largest absolute Gasteiger partial charge is 0.408 e. The Morgan fingerprint density at radius 1 is 0.727 bits per heavy atom. The topological polar surface area (TPSA) is 186 Å². The fraction of sp³-hybridized carbons (Fsp3) is 0.600. The minimum atomic E-state index is -2.96. The molecule has 12 heteroatoms. The minimum Gasteiger partial charge on any atom is -0.408 e. The van der Waals surface area contributed by atoms with Crippen molar-refractivity contribution in [3.05, 3.63) is 0 Å². The summed E-state index contributed by atoms with van der Waals surface area (Å²) in [7, 11) is 0. The summed E-state index contributed by atoms with van der Waals surface area (Å²) in [5, 5.41) is 37.1. The van der Waals surface area contributed by atoms with Gasteiger partial charge in [0, 0.05) is 0 Å². The summed E-state index contributed by atoms with van der Waals surface area (Å²) in [6.07, 6.45) is -5.00. The lowest BCUT2D eigenvalue weighted by Crippen LogP contribution is -2.68. The molecule has 0 spiro atoms. The second-order valence-corrected chi connectivity index (χ2v) is 4.33. The average Bonchev–Trinajstić information content (AvgIpc) is 2.49. The Morgan fingerprint density at radius 3 is 1.32 bits per heavy atom. The quantitative estimate of drug-likeness (QED) is 0.356. The highest BCUT2D eigenvalue weighted by Gasteiger charge is 2.65.